The summed E-state index contributed by atoms with van der Waals surface area (Å²) in [4.78, 5) is 25.8. The standard InChI is InChI=1S/C19H24ClN5O/c1-4-24-7-9-25(10-8-24)18(26)17-11-14(3)21-19(23-17)22-15-6-5-13(2)16(20)12-15/h5-6,11-12H,4,7-10H2,1-3H3,(H,21,22,23). The summed E-state index contributed by atoms with van der Waals surface area (Å²) in [7, 11) is 0. The SMILES string of the molecule is CCN1CCN(C(=O)c2cc(C)nc(Nc3ccc(C)c(Cl)c3)n2)CC1. The Kier molecular flexibility index (Phi) is 5.74. The summed E-state index contributed by atoms with van der Waals surface area (Å²) in [5.41, 5.74) is 2.96. The van der Waals surface area contributed by atoms with Gasteiger partial charge in [0, 0.05) is 42.6 Å². The lowest BCUT2D eigenvalue weighted by Crippen LogP contribution is -2.48. The van der Waals surface area contributed by atoms with Crippen molar-refractivity contribution in [3.63, 3.8) is 0 Å². The van der Waals surface area contributed by atoms with Gasteiger partial charge < -0.3 is 15.1 Å². The number of anilines is 2. The fraction of sp³-hybridized carbons (Fsp3) is 0.421. The first-order chi connectivity index (χ1) is 12.5. The maximum Gasteiger partial charge on any atom is 0.272 e. The molecular weight excluding hydrogens is 350 g/mol. The van der Waals surface area contributed by atoms with Gasteiger partial charge in [-0.05, 0) is 44.2 Å². The molecule has 2 heterocycles. The second-order valence-electron chi connectivity index (χ2n) is 6.53. The maximum absolute atomic E-state index is 12.8. The summed E-state index contributed by atoms with van der Waals surface area (Å²) in [5, 5.41) is 3.82. The number of amides is 1. The third-order valence-electron chi connectivity index (χ3n) is 4.61. The van der Waals surface area contributed by atoms with E-state index in [-0.39, 0.29) is 5.91 Å². The minimum atomic E-state index is -0.0451. The van der Waals surface area contributed by atoms with Crippen molar-refractivity contribution in [2.75, 3.05) is 38.0 Å². The molecule has 0 saturated carbocycles. The van der Waals surface area contributed by atoms with Crippen LogP contribution in [0.1, 0.15) is 28.7 Å². The van der Waals surface area contributed by atoms with Crippen molar-refractivity contribution >= 4 is 29.1 Å². The predicted octanol–water partition coefficient (Wildman–Crippen LogP) is 3.27. The normalized spacial score (nSPS) is 15.2. The number of aryl methyl sites for hydroxylation is 2. The lowest BCUT2D eigenvalue weighted by molar-refractivity contribution is 0.0637. The number of piperazine rings is 1. The van der Waals surface area contributed by atoms with Crippen molar-refractivity contribution in [1.29, 1.82) is 0 Å². The molecule has 0 radical (unpaired) electrons. The van der Waals surface area contributed by atoms with Crippen LogP contribution < -0.4 is 5.32 Å². The molecule has 7 heteroatoms. The number of aromatic nitrogens is 2. The van der Waals surface area contributed by atoms with E-state index in [1.54, 1.807) is 6.07 Å². The summed E-state index contributed by atoms with van der Waals surface area (Å²) in [6.07, 6.45) is 0. The smallest absolute Gasteiger partial charge is 0.272 e. The van der Waals surface area contributed by atoms with Gasteiger partial charge in [-0.2, -0.15) is 0 Å². The van der Waals surface area contributed by atoms with Crippen molar-refractivity contribution in [3.05, 3.63) is 46.2 Å². The van der Waals surface area contributed by atoms with Gasteiger partial charge in [-0.3, -0.25) is 4.79 Å². The van der Waals surface area contributed by atoms with Gasteiger partial charge in [-0.25, -0.2) is 9.97 Å². The topological polar surface area (TPSA) is 61.4 Å². The van der Waals surface area contributed by atoms with E-state index in [4.69, 9.17) is 11.6 Å². The first kappa shape index (κ1) is 18.6. The lowest BCUT2D eigenvalue weighted by Gasteiger charge is -2.33. The first-order valence-corrected chi connectivity index (χ1v) is 9.24. The zero-order valence-electron chi connectivity index (χ0n) is 15.4. The van der Waals surface area contributed by atoms with Gasteiger partial charge in [0.15, 0.2) is 0 Å². The molecule has 1 aromatic carbocycles. The summed E-state index contributed by atoms with van der Waals surface area (Å²) < 4.78 is 0. The molecule has 0 bridgehead atoms. The Morgan fingerprint density at radius 1 is 1.15 bits per heavy atom. The fourth-order valence-corrected chi connectivity index (χ4v) is 3.14. The summed E-state index contributed by atoms with van der Waals surface area (Å²) in [6, 6.07) is 7.41. The molecule has 2 aromatic rings. The first-order valence-electron chi connectivity index (χ1n) is 8.86. The number of likely N-dealkylation sites (N-methyl/N-ethyl adjacent to an activating group) is 1. The average molecular weight is 374 g/mol. The Morgan fingerprint density at radius 3 is 2.54 bits per heavy atom. The van der Waals surface area contributed by atoms with Crippen LogP contribution in [0, 0.1) is 13.8 Å². The van der Waals surface area contributed by atoms with Crippen molar-refractivity contribution in [3.8, 4) is 0 Å². The molecule has 1 aliphatic rings. The van der Waals surface area contributed by atoms with E-state index in [1.165, 1.54) is 0 Å². The van der Waals surface area contributed by atoms with Crippen LogP contribution in [0.2, 0.25) is 5.02 Å². The van der Waals surface area contributed by atoms with E-state index in [1.807, 2.05) is 36.9 Å². The highest BCUT2D eigenvalue weighted by Gasteiger charge is 2.23. The van der Waals surface area contributed by atoms with E-state index in [0.717, 1.165) is 49.7 Å². The zero-order valence-corrected chi connectivity index (χ0v) is 16.2. The number of halogens is 1. The van der Waals surface area contributed by atoms with Crippen LogP contribution in [0.5, 0.6) is 0 Å². The van der Waals surface area contributed by atoms with Gasteiger partial charge >= 0.3 is 0 Å². The van der Waals surface area contributed by atoms with Crippen molar-refractivity contribution in [2.45, 2.75) is 20.8 Å². The molecule has 138 valence electrons. The molecule has 1 aliphatic heterocycles. The van der Waals surface area contributed by atoms with Crippen molar-refractivity contribution < 1.29 is 4.79 Å². The highest BCUT2D eigenvalue weighted by molar-refractivity contribution is 6.31. The lowest BCUT2D eigenvalue weighted by atomic mass is 10.2. The number of hydrogen-bond donors (Lipinski definition) is 1. The number of benzene rings is 1. The van der Waals surface area contributed by atoms with Crippen LogP contribution in [0.3, 0.4) is 0 Å². The van der Waals surface area contributed by atoms with Gasteiger partial charge in [0.1, 0.15) is 5.69 Å². The van der Waals surface area contributed by atoms with Crippen LogP contribution >= 0.6 is 11.6 Å². The van der Waals surface area contributed by atoms with Gasteiger partial charge in [-0.15, -0.1) is 0 Å². The highest BCUT2D eigenvalue weighted by Crippen LogP contribution is 2.22. The number of hydrogen-bond acceptors (Lipinski definition) is 5. The summed E-state index contributed by atoms with van der Waals surface area (Å²) in [5.74, 6) is 0.358. The summed E-state index contributed by atoms with van der Waals surface area (Å²) >= 11 is 6.17. The minimum absolute atomic E-state index is 0.0451. The molecule has 0 atom stereocenters. The zero-order chi connectivity index (χ0) is 18.7. The van der Waals surface area contributed by atoms with E-state index in [0.29, 0.717) is 16.7 Å². The Balaban J connectivity index is 1.76. The van der Waals surface area contributed by atoms with Gasteiger partial charge in [0.25, 0.3) is 5.91 Å². The molecule has 1 aromatic heterocycles. The van der Waals surface area contributed by atoms with Crippen LogP contribution in [-0.2, 0) is 0 Å². The Morgan fingerprint density at radius 2 is 1.88 bits per heavy atom. The van der Waals surface area contributed by atoms with Gasteiger partial charge in [0.05, 0.1) is 0 Å². The van der Waals surface area contributed by atoms with E-state index < -0.39 is 0 Å². The quantitative estimate of drug-likeness (QED) is 0.891. The van der Waals surface area contributed by atoms with E-state index >= 15 is 0 Å². The minimum Gasteiger partial charge on any atom is -0.335 e. The molecule has 0 spiro atoms. The van der Waals surface area contributed by atoms with Crippen LogP contribution in [0.15, 0.2) is 24.3 Å². The van der Waals surface area contributed by atoms with Gasteiger partial charge in [-0.1, -0.05) is 24.6 Å². The Hall–Kier alpha value is -2.18. The molecule has 1 saturated heterocycles. The Labute approximate surface area is 159 Å². The monoisotopic (exact) mass is 373 g/mol. The van der Waals surface area contributed by atoms with Crippen molar-refractivity contribution in [1.82, 2.24) is 19.8 Å². The fourth-order valence-electron chi connectivity index (χ4n) is 2.96. The average Bonchev–Trinajstić information content (AvgIpc) is 2.64. The molecule has 3 rings (SSSR count). The predicted molar refractivity (Wildman–Crippen MR) is 104 cm³/mol. The van der Waals surface area contributed by atoms with Crippen molar-refractivity contribution in [2.24, 2.45) is 0 Å². The molecule has 1 fully saturated rings. The third-order valence-corrected chi connectivity index (χ3v) is 5.02. The van der Waals surface area contributed by atoms with E-state index in [2.05, 4.69) is 27.1 Å². The van der Waals surface area contributed by atoms with Gasteiger partial charge in [0.2, 0.25) is 5.95 Å². The number of carbonyl (C=O) groups excluding carboxylic acids is 1. The highest BCUT2D eigenvalue weighted by atomic mass is 35.5. The molecule has 1 N–H and O–H groups in total. The van der Waals surface area contributed by atoms with Crippen LogP contribution in [0.4, 0.5) is 11.6 Å². The summed E-state index contributed by atoms with van der Waals surface area (Å²) in [6.45, 7) is 10.2. The molecular formula is C19H24ClN5O. The Bertz CT molecular complexity index is 803. The number of rotatable bonds is 4. The van der Waals surface area contributed by atoms with Crippen LogP contribution in [0.25, 0.3) is 0 Å². The molecule has 0 aliphatic carbocycles. The number of nitrogens with zero attached hydrogens (tertiary/aromatic N) is 4. The van der Waals surface area contributed by atoms with Crippen LogP contribution in [-0.4, -0.2) is 58.4 Å². The molecule has 1 amide bonds. The van der Waals surface area contributed by atoms with E-state index in [9.17, 15) is 4.79 Å². The molecule has 6 nitrogen and oxygen atoms in total. The maximum atomic E-state index is 12.8. The molecule has 0 unspecified atom stereocenters. The largest absolute Gasteiger partial charge is 0.335 e. The number of nitrogens with one attached hydrogen (secondary N) is 1. The third kappa shape index (κ3) is 4.31. The molecule has 26 heavy (non-hydrogen) atoms. The number of carbonyl (C=O) groups is 1. The second-order valence-corrected chi connectivity index (χ2v) is 6.94. The second kappa shape index (κ2) is 8.01.